The van der Waals surface area contributed by atoms with Gasteiger partial charge in [0.15, 0.2) is 11.5 Å². The number of carbonyl (C=O) groups is 2. The highest BCUT2D eigenvalue weighted by atomic mass is 16.5. The second-order valence-corrected chi connectivity index (χ2v) is 5.28. The van der Waals surface area contributed by atoms with Gasteiger partial charge in [0.05, 0.1) is 20.4 Å². The summed E-state index contributed by atoms with van der Waals surface area (Å²) in [6.07, 6.45) is 1.63. The molecule has 0 saturated heterocycles. The number of ether oxygens (including phenoxy) is 2. The van der Waals surface area contributed by atoms with Crippen LogP contribution in [0, 0.1) is 0 Å². The topological polar surface area (TPSA) is 89.0 Å². The van der Waals surface area contributed by atoms with Crippen LogP contribution in [0.25, 0.3) is 0 Å². The Labute approximate surface area is 152 Å². The summed E-state index contributed by atoms with van der Waals surface area (Å²) in [5.74, 6) is 0.677. The van der Waals surface area contributed by atoms with Gasteiger partial charge in [0, 0.05) is 18.5 Å². The van der Waals surface area contributed by atoms with Crippen molar-refractivity contribution < 1.29 is 19.1 Å². The first-order valence-corrected chi connectivity index (χ1v) is 8.01. The fourth-order valence-electron chi connectivity index (χ4n) is 2.15. The molecular formula is C19H21N3O4. The van der Waals surface area contributed by atoms with Crippen LogP contribution in [0.3, 0.4) is 0 Å². The van der Waals surface area contributed by atoms with Crippen molar-refractivity contribution in [3.63, 3.8) is 0 Å². The van der Waals surface area contributed by atoms with Crippen LogP contribution in [-0.2, 0) is 4.79 Å². The fourth-order valence-corrected chi connectivity index (χ4v) is 2.15. The van der Waals surface area contributed by atoms with Gasteiger partial charge in [0.25, 0.3) is 5.91 Å². The summed E-state index contributed by atoms with van der Waals surface area (Å²) in [5.41, 5.74) is 3.72. The molecular weight excluding hydrogens is 334 g/mol. The molecule has 2 aromatic rings. The fraction of sp³-hybridized carbons (Fsp3) is 0.211. The molecule has 0 aliphatic heterocycles. The zero-order chi connectivity index (χ0) is 18.8. The molecule has 0 heterocycles. The molecule has 2 aromatic carbocycles. The van der Waals surface area contributed by atoms with Gasteiger partial charge in [0.2, 0.25) is 5.91 Å². The van der Waals surface area contributed by atoms with Gasteiger partial charge in [0.1, 0.15) is 0 Å². The summed E-state index contributed by atoms with van der Waals surface area (Å²) in [5, 5.41) is 6.58. The van der Waals surface area contributed by atoms with E-state index in [2.05, 4.69) is 15.8 Å². The molecule has 7 nitrogen and oxygen atoms in total. The number of hydrogen-bond acceptors (Lipinski definition) is 5. The number of carbonyl (C=O) groups excluding carboxylic acids is 2. The van der Waals surface area contributed by atoms with Crippen molar-refractivity contribution >= 4 is 18.0 Å². The molecule has 2 rings (SSSR count). The lowest BCUT2D eigenvalue weighted by atomic mass is 10.2. The van der Waals surface area contributed by atoms with Crippen LogP contribution < -0.4 is 20.2 Å². The van der Waals surface area contributed by atoms with E-state index in [1.807, 2.05) is 6.07 Å². The molecule has 0 atom stereocenters. The molecule has 2 N–H and O–H groups in total. The van der Waals surface area contributed by atoms with Crippen molar-refractivity contribution in [2.24, 2.45) is 5.10 Å². The number of nitrogens with one attached hydrogen (secondary N) is 2. The van der Waals surface area contributed by atoms with Gasteiger partial charge in [-0.15, -0.1) is 0 Å². The van der Waals surface area contributed by atoms with E-state index >= 15 is 0 Å². The Bertz CT molecular complexity index is 776. The van der Waals surface area contributed by atoms with Crippen LogP contribution in [0.15, 0.2) is 53.6 Å². The molecule has 0 fully saturated rings. The number of hydrogen-bond donors (Lipinski definition) is 2. The number of methoxy groups -OCH3 is 2. The van der Waals surface area contributed by atoms with Gasteiger partial charge < -0.3 is 14.8 Å². The van der Waals surface area contributed by atoms with Crippen molar-refractivity contribution in [2.75, 3.05) is 20.8 Å². The van der Waals surface area contributed by atoms with Crippen LogP contribution >= 0.6 is 0 Å². The normalized spacial score (nSPS) is 10.4. The maximum Gasteiger partial charge on any atom is 0.251 e. The Morgan fingerprint density at radius 2 is 1.77 bits per heavy atom. The highest BCUT2D eigenvalue weighted by Gasteiger charge is 2.06. The monoisotopic (exact) mass is 355 g/mol. The molecule has 0 saturated carbocycles. The van der Waals surface area contributed by atoms with Crippen molar-refractivity contribution in [3.8, 4) is 11.5 Å². The van der Waals surface area contributed by atoms with Crippen LogP contribution in [0.2, 0.25) is 0 Å². The largest absolute Gasteiger partial charge is 0.493 e. The van der Waals surface area contributed by atoms with E-state index in [4.69, 9.17) is 9.47 Å². The number of rotatable bonds is 8. The van der Waals surface area contributed by atoms with Gasteiger partial charge in [-0.1, -0.05) is 18.2 Å². The lowest BCUT2D eigenvalue weighted by Crippen LogP contribution is -2.28. The van der Waals surface area contributed by atoms with Crippen molar-refractivity contribution in [1.82, 2.24) is 10.7 Å². The van der Waals surface area contributed by atoms with Gasteiger partial charge in [-0.3, -0.25) is 9.59 Å². The van der Waals surface area contributed by atoms with Crippen LogP contribution in [0.4, 0.5) is 0 Å². The lowest BCUT2D eigenvalue weighted by Gasteiger charge is -2.07. The number of nitrogens with zero attached hydrogens (tertiary/aromatic N) is 1. The van der Waals surface area contributed by atoms with E-state index in [0.29, 0.717) is 17.1 Å². The molecule has 0 aliphatic carbocycles. The summed E-state index contributed by atoms with van der Waals surface area (Å²) in [7, 11) is 3.10. The van der Waals surface area contributed by atoms with Crippen LogP contribution in [0.1, 0.15) is 22.3 Å². The maximum atomic E-state index is 11.8. The molecule has 0 radical (unpaired) electrons. The number of hydrazone groups is 1. The van der Waals surface area contributed by atoms with E-state index in [1.165, 1.54) is 6.21 Å². The van der Waals surface area contributed by atoms with E-state index in [9.17, 15) is 9.59 Å². The van der Waals surface area contributed by atoms with Crippen molar-refractivity contribution in [1.29, 1.82) is 0 Å². The first kappa shape index (κ1) is 19.0. The summed E-state index contributed by atoms with van der Waals surface area (Å²) >= 11 is 0. The zero-order valence-corrected chi connectivity index (χ0v) is 14.7. The third-order valence-corrected chi connectivity index (χ3v) is 3.48. The lowest BCUT2D eigenvalue weighted by molar-refractivity contribution is -0.120. The van der Waals surface area contributed by atoms with E-state index in [1.54, 1.807) is 56.7 Å². The van der Waals surface area contributed by atoms with Gasteiger partial charge in [-0.2, -0.15) is 5.10 Å². The summed E-state index contributed by atoms with van der Waals surface area (Å²) in [4.78, 5) is 23.6. The molecule has 0 aromatic heterocycles. The van der Waals surface area contributed by atoms with Crippen molar-refractivity contribution in [3.05, 3.63) is 59.7 Å². The van der Waals surface area contributed by atoms with Gasteiger partial charge in [-0.25, -0.2) is 5.43 Å². The molecule has 136 valence electrons. The second kappa shape index (κ2) is 9.83. The third-order valence-electron chi connectivity index (χ3n) is 3.48. The quantitative estimate of drug-likeness (QED) is 0.560. The predicted octanol–water partition coefficient (Wildman–Crippen LogP) is 1.97. The Balaban J connectivity index is 1.76. The van der Waals surface area contributed by atoms with E-state index in [-0.39, 0.29) is 24.8 Å². The van der Waals surface area contributed by atoms with Crippen LogP contribution in [-0.4, -0.2) is 38.8 Å². The highest BCUT2D eigenvalue weighted by molar-refractivity contribution is 5.94. The second-order valence-electron chi connectivity index (χ2n) is 5.28. The first-order chi connectivity index (χ1) is 12.6. The van der Waals surface area contributed by atoms with E-state index < -0.39 is 0 Å². The Morgan fingerprint density at radius 1 is 1.04 bits per heavy atom. The van der Waals surface area contributed by atoms with Gasteiger partial charge in [-0.05, 0) is 35.9 Å². The standard InChI is InChI=1S/C19H21N3O4/c1-25-16-9-8-14(12-17(16)26-2)13-21-22-18(23)10-11-20-19(24)15-6-4-3-5-7-15/h3-9,12-13H,10-11H2,1-2H3,(H,20,24)(H,22,23). The van der Waals surface area contributed by atoms with Gasteiger partial charge >= 0.3 is 0 Å². The summed E-state index contributed by atoms with van der Waals surface area (Å²) < 4.78 is 10.4. The minimum atomic E-state index is -0.296. The highest BCUT2D eigenvalue weighted by Crippen LogP contribution is 2.26. The van der Waals surface area contributed by atoms with Crippen molar-refractivity contribution in [2.45, 2.75) is 6.42 Å². The molecule has 0 unspecified atom stereocenters. The molecule has 0 spiro atoms. The minimum absolute atomic E-state index is 0.127. The molecule has 7 heteroatoms. The molecule has 26 heavy (non-hydrogen) atoms. The average molecular weight is 355 g/mol. The zero-order valence-electron chi connectivity index (χ0n) is 14.7. The Hall–Kier alpha value is -3.35. The van der Waals surface area contributed by atoms with Crippen LogP contribution in [0.5, 0.6) is 11.5 Å². The summed E-state index contributed by atoms with van der Waals surface area (Å²) in [6, 6.07) is 14.1. The smallest absolute Gasteiger partial charge is 0.251 e. The summed E-state index contributed by atoms with van der Waals surface area (Å²) in [6.45, 7) is 0.228. The maximum absolute atomic E-state index is 11.8. The number of benzene rings is 2. The first-order valence-electron chi connectivity index (χ1n) is 8.01. The molecule has 0 bridgehead atoms. The predicted molar refractivity (Wildman–Crippen MR) is 98.7 cm³/mol. The molecule has 2 amide bonds. The molecule has 0 aliphatic rings. The SMILES string of the molecule is COc1ccc(C=NNC(=O)CCNC(=O)c2ccccc2)cc1OC. The van der Waals surface area contributed by atoms with E-state index in [0.717, 1.165) is 5.56 Å². The Kier molecular flexibility index (Phi) is 7.17. The number of amides is 2. The minimum Gasteiger partial charge on any atom is -0.493 e. The average Bonchev–Trinajstić information content (AvgIpc) is 2.68. The third kappa shape index (κ3) is 5.62. The Morgan fingerprint density at radius 3 is 2.46 bits per heavy atom.